The van der Waals surface area contributed by atoms with Crippen molar-refractivity contribution in [1.82, 2.24) is 15.3 Å². The third-order valence-corrected chi connectivity index (χ3v) is 2.57. The molecule has 0 atom stereocenters. The molecule has 0 saturated heterocycles. The van der Waals surface area contributed by atoms with Crippen LogP contribution in [0.4, 0.5) is 0 Å². The molecule has 0 unspecified atom stereocenters. The third kappa shape index (κ3) is 2.72. The van der Waals surface area contributed by atoms with Crippen molar-refractivity contribution in [2.75, 3.05) is 7.05 Å². The Bertz CT molecular complexity index is 580. The van der Waals surface area contributed by atoms with E-state index in [9.17, 15) is 4.79 Å². The first-order valence-corrected chi connectivity index (χ1v) is 5.57. The van der Waals surface area contributed by atoms with Crippen LogP contribution in [0.25, 0.3) is 11.4 Å². The first-order chi connectivity index (χ1) is 8.20. The molecule has 0 saturated carbocycles. The van der Waals surface area contributed by atoms with E-state index < -0.39 is 0 Å². The summed E-state index contributed by atoms with van der Waals surface area (Å²) >= 11 is 5.89. The number of hydrogen-bond acceptors (Lipinski definition) is 3. The molecule has 17 heavy (non-hydrogen) atoms. The predicted octanol–water partition coefficient (Wildman–Crippen LogP) is 1.81. The van der Waals surface area contributed by atoms with Gasteiger partial charge >= 0.3 is 0 Å². The minimum atomic E-state index is -0.135. The zero-order valence-corrected chi connectivity index (χ0v) is 10.1. The fourth-order valence-corrected chi connectivity index (χ4v) is 1.71. The number of rotatable bonds is 3. The van der Waals surface area contributed by atoms with E-state index in [-0.39, 0.29) is 5.56 Å². The standard InChI is InChI=1S/C12H12ClN3O/c1-14-6-9-7-15-11(16-12(9)17)8-3-2-4-10(13)5-8/h2-5,7,14H,6H2,1H3,(H,15,16,17). The fraction of sp³-hybridized carbons (Fsp3) is 0.167. The summed E-state index contributed by atoms with van der Waals surface area (Å²) in [5.74, 6) is 0.525. The summed E-state index contributed by atoms with van der Waals surface area (Å²) < 4.78 is 0. The molecule has 1 aromatic carbocycles. The fourth-order valence-electron chi connectivity index (χ4n) is 1.52. The van der Waals surface area contributed by atoms with Crippen molar-refractivity contribution in [3.05, 3.63) is 51.4 Å². The Morgan fingerprint density at radius 1 is 1.47 bits per heavy atom. The van der Waals surface area contributed by atoms with E-state index in [1.807, 2.05) is 12.1 Å². The second-order valence-corrected chi connectivity index (χ2v) is 4.06. The van der Waals surface area contributed by atoms with Crippen molar-refractivity contribution in [2.24, 2.45) is 0 Å². The molecule has 1 heterocycles. The van der Waals surface area contributed by atoms with Crippen LogP contribution in [-0.4, -0.2) is 17.0 Å². The molecule has 2 aromatic rings. The molecule has 0 aliphatic heterocycles. The number of H-pyrrole nitrogens is 1. The van der Waals surface area contributed by atoms with Gasteiger partial charge in [-0.25, -0.2) is 4.98 Å². The first kappa shape index (κ1) is 11.8. The van der Waals surface area contributed by atoms with Gasteiger partial charge in [0.2, 0.25) is 0 Å². The van der Waals surface area contributed by atoms with Crippen molar-refractivity contribution in [1.29, 1.82) is 0 Å². The summed E-state index contributed by atoms with van der Waals surface area (Å²) in [5, 5.41) is 3.53. The summed E-state index contributed by atoms with van der Waals surface area (Å²) in [6.45, 7) is 0.498. The van der Waals surface area contributed by atoms with Crippen LogP contribution in [0, 0.1) is 0 Å². The summed E-state index contributed by atoms with van der Waals surface area (Å²) in [5.41, 5.74) is 1.27. The molecule has 2 N–H and O–H groups in total. The van der Waals surface area contributed by atoms with Crippen molar-refractivity contribution < 1.29 is 0 Å². The monoisotopic (exact) mass is 249 g/mol. The lowest BCUT2D eigenvalue weighted by Gasteiger charge is -2.03. The van der Waals surface area contributed by atoms with E-state index in [0.717, 1.165) is 5.56 Å². The summed E-state index contributed by atoms with van der Waals surface area (Å²) in [6.07, 6.45) is 1.57. The Hall–Kier alpha value is -1.65. The molecule has 5 heteroatoms. The molecule has 88 valence electrons. The van der Waals surface area contributed by atoms with Gasteiger partial charge in [-0.15, -0.1) is 0 Å². The number of nitrogens with one attached hydrogen (secondary N) is 2. The maximum Gasteiger partial charge on any atom is 0.255 e. The van der Waals surface area contributed by atoms with E-state index in [2.05, 4.69) is 15.3 Å². The highest BCUT2D eigenvalue weighted by atomic mass is 35.5. The molecule has 2 rings (SSSR count). The molecule has 4 nitrogen and oxygen atoms in total. The van der Waals surface area contributed by atoms with E-state index in [0.29, 0.717) is 23.0 Å². The second-order valence-electron chi connectivity index (χ2n) is 3.63. The zero-order chi connectivity index (χ0) is 12.3. The van der Waals surface area contributed by atoms with Crippen LogP contribution in [0.2, 0.25) is 5.02 Å². The van der Waals surface area contributed by atoms with Gasteiger partial charge in [-0.05, 0) is 19.2 Å². The maximum absolute atomic E-state index is 11.7. The van der Waals surface area contributed by atoms with E-state index in [4.69, 9.17) is 11.6 Å². The smallest absolute Gasteiger partial charge is 0.255 e. The molecule has 0 fully saturated rings. The number of benzene rings is 1. The summed E-state index contributed by atoms with van der Waals surface area (Å²) in [7, 11) is 1.78. The molecule has 1 aromatic heterocycles. The van der Waals surface area contributed by atoms with Gasteiger partial charge < -0.3 is 10.3 Å². The van der Waals surface area contributed by atoms with Crippen LogP contribution in [0.3, 0.4) is 0 Å². The SMILES string of the molecule is CNCc1cnc(-c2cccc(Cl)c2)[nH]c1=O. The Kier molecular flexibility index (Phi) is 3.56. The molecule has 0 aliphatic rings. The lowest BCUT2D eigenvalue weighted by Crippen LogP contribution is -2.19. The third-order valence-electron chi connectivity index (χ3n) is 2.34. The maximum atomic E-state index is 11.7. The van der Waals surface area contributed by atoms with Crippen LogP contribution in [0.15, 0.2) is 35.3 Å². The van der Waals surface area contributed by atoms with Crippen molar-refractivity contribution >= 4 is 11.6 Å². The van der Waals surface area contributed by atoms with Gasteiger partial charge in [0.15, 0.2) is 0 Å². The largest absolute Gasteiger partial charge is 0.315 e. The molecular formula is C12H12ClN3O. The van der Waals surface area contributed by atoms with Gasteiger partial charge in [0.25, 0.3) is 5.56 Å². The minimum Gasteiger partial charge on any atom is -0.315 e. The van der Waals surface area contributed by atoms with Crippen LogP contribution in [0.1, 0.15) is 5.56 Å². The normalized spacial score (nSPS) is 10.5. The van der Waals surface area contributed by atoms with Crippen LogP contribution in [0.5, 0.6) is 0 Å². The highest BCUT2D eigenvalue weighted by Gasteiger charge is 2.04. The number of hydrogen-bond donors (Lipinski definition) is 2. The molecular weight excluding hydrogens is 238 g/mol. The quantitative estimate of drug-likeness (QED) is 0.872. The van der Waals surface area contributed by atoms with E-state index in [1.54, 1.807) is 25.4 Å². The average Bonchev–Trinajstić information content (AvgIpc) is 2.32. The first-order valence-electron chi connectivity index (χ1n) is 5.19. The van der Waals surface area contributed by atoms with Gasteiger partial charge in [-0.2, -0.15) is 0 Å². The molecule has 0 aliphatic carbocycles. The zero-order valence-electron chi connectivity index (χ0n) is 9.33. The molecule has 0 radical (unpaired) electrons. The van der Waals surface area contributed by atoms with Gasteiger partial charge in [-0.1, -0.05) is 23.7 Å². The minimum absolute atomic E-state index is 0.135. The Morgan fingerprint density at radius 2 is 2.29 bits per heavy atom. The van der Waals surface area contributed by atoms with Gasteiger partial charge in [0.1, 0.15) is 5.82 Å². The van der Waals surface area contributed by atoms with Crippen molar-refractivity contribution in [3.8, 4) is 11.4 Å². The van der Waals surface area contributed by atoms with Crippen LogP contribution in [-0.2, 0) is 6.54 Å². The van der Waals surface area contributed by atoms with Gasteiger partial charge in [0, 0.05) is 28.9 Å². The Balaban J connectivity index is 2.41. The number of aromatic nitrogens is 2. The average molecular weight is 250 g/mol. The van der Waals surface area contributed by atoms with E-state index >= 15 is 0 Å². The van der Waals surface area contributed by atoms with Gasteiger partial charge in [-0.3, -0.25) is 4.79 Å². The lowest BCUT2D eigenvalue weighted by molar-refractivity contribution is 0.798. The van der Waals surface area contributed by atoms with Crippen molar-refractivity contribution in [2.45, 2.75) is 6.54 Å². The van der Waals surface area contributed by atoms with Crippen molar-refractivity contribution in [3.63, 3.8) is 0 Å². The van der Waals surface area contributed by atoms with Crippen LogP contribution >= 0.6 is 11.6 Å². The summed E-state index contributed by atoms with van der Waals surface area (Å²) in [4.78, 5) is 18.7. The second kappa shape index (κ2) is 5.12. The van der Waals surface area contributed by atoms with Crippen LogP contribution < -0.4 is 10.9 Å². The number of nitrogens with zero attached hydrogens (tertiary/aromatic N) is 1. The summed E-state index contributed by atoms with van der Waals surface area (Å²) in [6, 6.07) is 7.21. The predicted molar refractivity (Wildman–Crippen MR) is 68.1 cm³/mol. The highest BCUT2D eigenvalue weighted by molar-refractivity contribution is 6.30. The number of aromatic amines is 1. The van der Waals surface area contributed by atoms with Gasteiger partial charge in [0.05, 0.1) is 0 Å². The highest BCUT2D eigenvalue weighted by Crippen LogP contribution is 2.18. The Morgan fingerprint density at radius 3 is 2.94 bits per heavy atom. The lowest BCUT2D eigenvalue weighted by atomic mass is 10.2. The topological polar surface area (TPSA) is 57.8 Å². The Labute approximate surface area is 104 Å². The van der Waals surface area contributed by atoms with E-state index in [1.165, 1.54) is 0 Å². The number of halogens is 1. The molecule has 0 spiro atoms. The molecule has 0 amide bonds. The molecule has 0 bridgehead atoms.